The van der Waals surface area contributed by atoms with Gasteiger partial charge in [-0.25, -0.2) is 0 Å². The SMILES string of the molecule is CC(=O)NCCC=Cc1ccc(Cl)cc1C=O. The Morgan fingerprint density at radius 1 is 1.41 bits per heavy atom. The molecular formula is C13H14ClNO2. The third kappa shape index (κ3) is 4.83. The Morgan fingerprint density at radius 2 is 2.18 bits per heavy atom. The first-order valence-electron chi connectivity index (χ1n) is 5.29. The van der Waals surface area contributed by atoms with Crippen molar-refractivity contribution in [2.45, 2.75) is 13.3 Å². The van der Waals surface area contributed by atoms with Crippen LogP contribution >= 0.6 is 11.6 Å². The van der Waals surface area contributed by atoms with Crippen LogP contribution in [0.5, 0.6) is 0 Å². The van der Waals surface area contributed by atoms with Crippen LogP contribution in [0.4, 0.5) is 0 Å². The summed E-state index contributed by atoms with van der Waals surface area (Å²) in [5.74, 6) is -0.0431. The first-order valence-corrected chi connectivity index (χ1v) is 5.67. The van der Waals surface area contributed by atoms with E-state index in [0.717, 1.165) is 18.3 Å². The number of halogens is 1. The summed E-state index contributed by atoms with van der Waals surface area (Å²) in [6.45, 7) is 2.07. The van der Waals surface area contributed by atoms with Gasteiger partial charge in [0.25, 0.3) is 0 Å². The van der Waals surface area contributed by atoms with Crippen molar-refractivity contribution in [3.8, 4) is 0 Å². The molecule has 0 aliphatic rings. The number of rotatable bonds is 5. The van der Waals surface area contributed by atoms with Crippen LogP contribution in [-0.2, 0) is 4.79 Å². The standard InChI is InChI=1S/C13H14ClNO2/c1-10(17)15-7-3-2-4-11-5-6-13(14)8-12(11)9-16/h2,4-6,8-9H,3,7H2,1H3,(H,15,17). The zero-order valence-electron chi connectivity index (χ0n) is 9.57. The minimum absolute atomic E-state index is 0.0431. The van der Waals surface area contributed by atoms with Gasteiger partial charge in [-0.3, -0.25) is 9.59 Å². The van der Waals surface area contributed by atoms with E-state index in [4.69, 9.17) is 11.6 Å². The molecule has 0 aliphatic carbocycles. The molecule has 0 fully saturated rings. The van der Waals surface area contributed by atoms with Crippen LogP contribution in [0, 0.1) is 0 Å². The summed E-state index contributed by atoms with van der Waals surface area (Å²) in [4.78, 5) is 21.4. The Labute approximate surface area is 105 Å². The number of hydrogen-bond acceptors (Lipinski definition) is 2. The van der Waals surface area contributed by atoms with Gasteiger partial charge in [-0.15, -0.1) is 0 Å². The molecule has 0 spiro atoms. The molecule has 3 nitrogen and oxygen atoms in total. The summed E-state index contributed by atoms with van der Waals surface area (Å²) in [5, 5.41) is 3.23. The van der Waals surface area contributed by atoms with Crippen LogP contribution in [-0.4, -0.2) is 18.7 Å². The van der Waals surface area contributed by atoms with E-state index in [1.54, 1.807) is 18.2 Å². The summed E-state index contributed by atoms with van der Waals surface area (Å²) in [5.41, 5.74) is 1.39. The van der Waals surface area contributed by atoms with Crippen LogP contribution in [0.25, 0.3) is 6.08 Å². The fourth-order valence-corrected chi connectivity index (χ4v) is 1.52. The average molecular weight is 252 g/mol. The zero-order valence-corrected chi connectivity index (χ0v) is 10.3. The molecular weight excluding hydrogens is 238 g/mol. The van der Waals surface area contributed by atoms with Crippen molar-refractivity contribution in [1.29, 1.82) is 0 Å². The first-order chi connectivity index (χ1) is 8.13. The molecule has 0 unspecified atom stereocenters. The van der Waals surface area contributed by atoms with Gasteiger partial charge in [0, 0.05) is 24.1 Å². The molecule has 0 bridgehead atoms. The van der Waals surface area contributed by atoms with E-state index in [9.17, 15) is 9.59 Å². The molecule has 1 amide bonds. The molecule has 1 aromatic carbocycles. The lowest BCUT2D eigenvalue weighted by atomic mass is 10.1. The summed E-state index contributed by atoms with van der Waals surface area (Å²) in [7, 11) is 0. The van der Waals surface area contributed by atoms with Crippen LogP contribution in [0.3, 0.4) is 0 Å². The van der Waals surface area contributed by atoms with Gasteiger partial charge in [0.2, 0.25) is 5.91 Å². The second kappa shape index (κ2) is 6.86. The van der Waals surface area contributed by atoms with Crippen LogP contribution in [0.2, 0.25) is 5.02 Å². The lowest BCUT2D eigenvalue weighted by molar-refractivity contribution is -0.118. The Kier molecular flexibility index (Phi) is 5.43. The molecule has 17 heavy (non-hydrogen) atoms. The largest absolute Gasteiger partial charge is 0.356 e. The van der Waals surface area contributed by atoms with E-state index in [0.29, 0.717) is 17.1 Å². The second-order valence-electron chi connectivity index (χ2n) is 3.57. The summed E-state index contributed by atoms with van der Waals surface area (Å²) >= 11 is 5.78. The van der Waals surface area contributed by atoms with Crippen LogP contribution in [0.1, 0.15) is 29.3 Å². The van der Waals surface area contributed by atoms with E-state index in [1.807, 2.05) is 12.2 Å². The smallest absolute Gasteiger partial charge is 0.216 e. The number of benzene rings is 1. The molecule has 0 atom stereocenters. The van der Waals surface area contributed by atoms with Crippen LogP contribution < -0.4 is 5.32 Å². The maximum Gasteiger partial charge on any atom is 0.216 e. The topological polar surface area (TPSA) is 46.2 Å². The molecule has 4 heteroatoms. The van der Waals surface area contributed by atoms with Crippen molar-refractivity contribution in [2.75, 3.05) is 6.54 Å². The number of hydrogen-bond donors (Lipinski definition) is 1. The quantitative estimate of drug-likeness (QED) is 0.646. The van der Waals surface area contributed by atoms with Crippen LogP contribution in [0.15, 0.2) is 24.3 Å². The number of nitrogens with one attached hydrogen (secondary N) is 1. The van der Waals surface area contributed by atoms with E-state index < -0.39 is 0 Å². The number of aldehydes is 1. The third-order valence-electron chi connectivity index (χ3n) is 2.16. The Balaban J connectivity index is 2.58. The predicted octanol–water partition coefficient (Wildman–Crippen LogP) is 2.69. The normalized spacial score (nSPS) is 10.5. The van der Waals surface area contributed by atoms with Gasteiger partial charge >= 0.3 is 0 Å². The van der Waals surface area contributed by atoms with Gasteiger partial charge in [-0.05, 0) is 24.1 Å². The molecule has 90 valence electrons. The Bertz CT molecular complexity index is 441. The van der Waals surface area contributed by atoms with Crippen molar-refractivity contribution in [2.24, 2.45) is 0 Å². The van der Waals surface area contributed by atoms with E-state index in [-0.39, 0.29) is 5.91 Å². The molecule has 0 aromatic heterocycles. The lowest BCUT2D eigenvalue weighted by Gasteiger charge is -2.00. The highest BCUT2D eigenvalue weighted by Crippen LogP contribution is 2.15. The van der Waals surface area contributed by atoms with E-state index in [2.05, 4.69) is 5.32 Å². The molecule has 0 saturated carbocycles. The monoisotopic (exact) mass is 251 g/mol. The highest BCUT2D eigenvalue weighted by atomic mass is 35.5. The molecule has 1 aromatic rings. The number of carbonyl (C=O) groups is 2. The first kappa shape index (κ1) is 13.5. The van der Waals surface area contributed by atoms with E-state index in [1.165, 1.54) is 6.92 Å². The lowest BCUT2D eigenvalue weighted by Crippen LogP contribution is -2.20. The fraction of sp³-hybridized carbons (Fsp3) is 0.231. The predicted molar refractivity (Wildman–Crippen MR) is 69.2 cm³/mol. The molecule has 0 saturated heterocycles. The van der Waals surface area contributed by atoms with Gasteiger partial charge in [-0.1, -0.05) is 29.8 Å². The maximum absolute atomic E-state index is 10.8. The number of amides is 1. The summed E-state index contributed by atoms with van der Waals surface area (Å²) in [6.07, 6.45) is 5.26. The molecule has 1 N–H and O–H groups in total. The number of carbonyl (C=O) groups excluding carboxylic acids is 2. The minimum Gasteiger partial charge on any atom is -0.356 e. The van der Waals surface area contributed by atoms with E-state index >= 15 is 0 Å². The molecule has 1 rings (SSSR count). The highest BCUT2D eigenvalue weighted by Gasteiger charge is 1.98. The van der Waals surface area contributed by atoms with Gasteiger partial charge in [0.15, 0.2) is 6.29 Å². The van der Waals surface area contributed by atoms with Crippen molar-refractivity contribution >= 4 is 29.9 Å². The third-order valence-corrected chi connectivity index (χ3v) is 2.39. The van der Waals surface area contributed by atoms with Crippen molar-refractivity contribution in [1.82, 2.24) is 5.32 Å². The zero-order chi connectivity index (χ0) is 12.7. The average Bonchev–Trinajstić information content (AvgIpc) is 2.29. The fourth-order valence-electron chi connectivity index (χ4n) is 1.34. The molecule has 0 heterocycles. The van der Waals surface area contributed by atoms with Crippen molar-refractivity contribution < 1.29 is 9.59 Å². The van der Waals surface area contributed by atoms with Crippen molar-refractivity contribution in [3.05, 3.63) is 40.4 Å². The van der Waals surface area contributed by atoms with Gasteiger partial charge < -0.3 is 5.32 Å². The Morgan fingerprint density at radius 3 is 2.82 bits per heavy atom. The van der Waals surface area contributed by atoms with Gasteiger partial charge in [0.05, 0.1) is 0 Å². The second-order valence-corrected chi connectivity index (χ2v) is 4.00. The summed E-state index contributed by atoms with van der Waals surface area (Å²) < 4.78 is 0. The molecule has 0 radical (unpaired) electrons. The van der Waals surface area contributed by atoms with Gasteiger partial charge in [0.1, 0.15) is 0 Å². The highest BCUT2D eigenvalue weighted by molar-refractivity contribution is 6.30. The Hall–Kier alpha value is -1.61. The molecule has 0 aliphatic heterocycles. The maximum atomic E-state index is 10.8. The minimum atomic E-state index is -0.0431. The summed E-state index contributed by atoms with van der Waals surface area (Å²) in [6, 6.07) is 5.16. The van der Waals surface area contributed by atoms with Crippen molar-refractivity contribution in [3.63, 3.8) is 0 Å². The van der Waals surface area contributed by atoms with Gasteiger partial charge in [-0.2, -0.15) is 0 Å².